The molecule has 1 aliphatic rings. The Labute approximate surface area is 234 Å². The summed E-state index contributed by atoms with van der Waals surface area (Å²) >= 11 is 0. The number of hydrogen-bond acceptors (Lipinski definition) is 1. The fraction of sp³-hybridized carbons (Fsp3) is 0.971. The van der Waals surface area contributed by atoms with Crippen molar-refractivity contribution in [1.82, 2.24) is 4.90 Å². The second-order valence-electron chi connectivity index (χ2n) is 12.6. The van der Waals surface area contributed by atoms with E-state index >= 15 is 0 Å². The molecule has 0 aromatic heterocycles. The van der Waals surface area contributed by atoms with E-state index in [4.69, 9.17) is 0 Å². The van der Waals surface area contributed by atoms with Crippen molar-refractivity contribution in [3.63, 3.8) is 0 Å². The molecule has 0 aliphatic carbocycles. The Morgan fingerprint density at radius 3 is 1.49 bits per heavy atom. The van der Waals surface area contributed by atoms with Crippen molar-refractivity contribution >= 4 is 5.91 Å². The van der Waals surface area contributed by atoms with Crippen LogP contribution in [-0.4, -0.2) is 23.4 Å². The molecule has 0 N–H and O–H groups in total. The lowest BCUT2D eigenvalue weighted by Gasteiger charge is -2.32. The second kappa shape index (κ2) is 24.5. The molecule has 0 saturated carbocycles. The van der Waals surface area contributed by atoms with Crippen molar-refractivity contribution < 1.29 is 4.79 Å². The quantitative estimate of drug-likeness (QED) is 0.104. The summed E-state index contributed by atoms with van der Waals surface area (Å²) in [5.41, 5.74) is 0. The summed E-state index contributed by atoms with van der Waals surface area (Å²) in [6.07, 6.45) is 34.4. The Hall–Kier alpha value is -0.530. The molecule has 0 spiro atoms. The molecule has 2 nitrogen and oxygen atoms in total. The molecule has 1 rings (SSSR count). The maximum Gasteiger partial charge on any atom is 0.225 e. The fourth-order valence-electron chi connectivity index (χ4n) is 6.65. The summed E-state index contributed by atoms with van der Waals surface area (Å²) < 4.78 is 0. The van der Waals surface area contributed by atoms with E-state index < -0.39 is 0 Å². The molecular formula is C35H69NO. The van der Waals surface area contributed by atoms with Gasteiger partial charge in [0.05, 0.1) is 0 Å². The van der Waals surface area contributed by atoms with Crippen LogP contribution in [-0.2, 0) is 4.79 Å². The monoisotopic (exact) mass is 520 g/mol. The predicted octanol–water partition coefficient (Wildman–Crippen LogP) is 11.7. The topological polar surface area (TPSA) is 20.3 Å². The van der Waals surface area contributed by atoms with Gasteiger partial charge in [0.15, 0.2) is 0 Å². The lowest BCUT2D eigenvalue weighted by Crippen LogP contribution is -2.40. The number of hydrogen-bond donors (Lipinski definition) is 0. The number of likely N-dealkylation sites (tertiary alicyclic amines) is 1. The molecule has 1 heterocycles. The SMILES string of the molecule is CCCCCCCCC(CCCCCCC)C(=O)N1CCC[C@@H]1CC(CCCCCC)CCCCCC. The highest BCUT2D eigenvalue weighted by molar-refractivity contribution is 5.79. The van der Waals surface area contributed by atoms with Crippen molar-refractivity contribution in [2.24, 2.45) is 11.8 Å². The smallest absolute Gasteiger partial charge is 0.225 e. The van der Waals surface area contributed by atoms with Crippen LogP contribution in [0.25, 0.3) is 0 Å². The Bertz CT molecular complexity index is 491. The lowest BCUT2D eigenvalue weighted by atomic mass is 9.87. The molecule has 2 heteroatoms. The minimum Gasteiger partial charge on any atom is -0.339 e. The normalized spacial score (nSPS) is 16.7. The van der Waals surface area contributed by atoms with E-state index in [1.54, 1.807) is 0 Å². The van der Waals surface area contributed by atoms with Crippen LogP contribution in [0.3, 0.4) is 0 Å². The van der Waals surface area contributed by atoms with Gasteiger partial charge in [-0.25, -0.2) is 0 Å². The first kappa shape index (κ1) is 34.5. The molecule has 220 valence electrons. The van der Waals surface area contributed by atoms with Crippen LogP contribution in [0.15, 0.2) is 0 Å². The van der Waals surface area contributed by atoms with Crippen LogP contribution in [0.1, 0.15) is 195 Å². The highest BCUT2D eigenvalue weighted by atomic mass is 16.2. The summed E-state index contributed by atoms with van der Waals surface area (Å²) in [6.45, 7) is 10.2. The zero-order chi connectivity index (χ0) is 27.0. The standard InChI is InChI=1S/C35H69NO/c1-5-9-13-17-19-23-28-33(27-22-18-14-10-6-2)35(37)36-30-24-29-34(36)31-32(25-20-15-11-7-3)26-21-16-12-8-4/h32-34H,5-31H2,1-4H3/t33?,34-/m1/s1. The second-order valence-corrected chi connectivity index (χ2v) is 12.6. The fourth-order valence-corrected chi connectivity index (χ4v) is 6.65. The number of unbranched alkanes of at least 4 members (excludes halogenated alkanes) is 15. The summed E-state index contributed by atoms with van der Waals surface area (Å²) in [4.78, 5) is 16.3. The van der Waals surface area contributed by atoms with Gasteiger partial charge in [-0.3, -0.25) is 4.79 Å². The van der Waals surface area contributed by atoms with Crippen LogP contribution in [0, 0.1) is 11.8 Å². The highest BCUT2D eigenvalue weighted by Crippen LogP contribution is 2.32. The van der Waals surface area contributed by atoms with E-state index in [1.165, 1.54) is 154 Å². The van der Waals surface area contributed by atoms with Gasteiger partial charge in [-0.15, -0.1) is 0 Å². The minimum absolute atomic E-state index is 0.293. The van der Waals surface area contributed by atoms with Gasteiger partial charge in [0, 0.05) is 18.5 Å². The molecule has 1 aliphatic heterocycles. The average Bonchev–Trinajstić information content (AvgIpc) is 3.37. The Balaban J connectivity index is 2.69. The van der Waals surface area contributed by atoms with Crippen molar-refractivity contribution in [1.29, 1.82) is 0 Å². The molecule has 1 amide bonds. The van der Waals surface area contributed by atoms with Gasteiger partial charge in [0.25, 0.3) is 0 Å². The molecule has 2 atom stereocenters. The van der Waals surface area contributed by atoms with Crippen LogP contribution >= 0.6 is 0 Å². The Morgan fingerprint density at radius 2 is 1.00 bits per heavy atom. The van der Waals surface area contributed by atoms with Crippen LogP contribution < -0.4 is 0 Å². The third-order valence-corrected chi connectivity index (χ3v) is 9.11. The van der Waals surface area contributed by atoms with Gasteiger partial charge in [-0.1, -0.05) is 163 Å². The zero-order valence-electron chi connectivity index (χ0n) is 26.2. The molecule has 1 unspecified atom stereocenters. The van der Waals surface area contributed by atoms with Gasteiger partial charge < -0.3 is 4.90 Å². The largest absolute Gasteiger partial charge is 0.339 e. The maximum absolute atomic E-state index is 13.9. The van der Waals surface area contributed by atoms with Gasteiger partial charge in [-0.05, 0) is 38.0 Å². The Morgan fingerprint density at radius 1 is 0.595 bits per heavy atom. The van der Waals surface area contributed by atoms with Crippen molar-refractivity contribution in [2.75, 3.05) is 6.54 Å². The van der Waals surface area contributed by atoms with Crippen LogP contribution in [0.5, 0.6) is 0 Å². The van der Waals surface area contributed by atoms with Crippen LogP contribution in [0.2, 0.25) is 0 Å². The van der Waals surface area contributed by atoms with E-state index in [-0.39, 0.29) is 0 Å². The van der Waals surface area contributed by atoms with E-state index in [1.807, 2.05) is 0 Å². The highest BCUT2D eigenvalue weighted by Gasteiger charge is 2.33. The molecule has 0 bridgehead atoms. The number of rotatable bonds is 26. The summed E-state index contributed by atoms with van der Waals surface area (Å²) in [7, 11) is 0. The van der Waals surface area contributed by atoms with E-state index in [2.05, 4.69) is 32.6 Å². The van der Waals surface area contributed by atoms with Crippen LogP contribution in [0.4, 0.5) is 0 Å². The van der Waals surface area contributed by atoms with Crippen molar-refractivity contribution in [2.45, 2.75) is 201 Å². The molecule has 37 heavy (non-hydrogen) atoms. The van der Waals surface area contributed by atoms with E-state index in [0.29, 0.717) is 17.9 Å². The Kier molecular flexibility index (Phi) is 22.8. The average molecular weight is 520 g/mol. The third-order valence-electron chi connectivity index (χ3n) is 9.11. The number of amides is 1. The predicted molar refractivity (Wildman–Crippen MR) is 165 cm³/mol. The molecule has 0 aromatic rings. The molecule has 1 fully saturated rings. The van der Waals surface area contributed by atoms with E-state index in [9.17, 15) is 4.79 Å². The number of carbonyl (C=O) groups is 1. The summed E-state index contributed by atoms with van der Waals surface area (Å²) in [6, 6.07) is 0.530. The van der Waals surface area contributed by atoms with E-state index in [0.717, 1.165) is 25.3 Å². The van der Waals surface area contributed by atoms with Gasteiger partial charge in [-0.2, -0.15) is 0 Å². The molecule has 0 aromatic carbocycles. The maximum atomic E-state index is 13.9. The van der Waals surface area contributed by atoms with Gasteiger partial charge >= 0.3 is 0 Å². The van der Waals surface area contributed by atoms with Gasteiger partial charge in [0.1, 0.15) is 0 Å². The zero-order valence-corrected chi connectivity index (χ0v) is 26.2. The number of carbonyl (C=O) groups excluding carboxylic acids is 1. The van der Waals surface area contributed by atoms with Gasteiger partial charge in [0.2, 0.25) is 5.91 Å². The first-order chi connectivity index (χ1) is 18.2. The molecule has 1 saturated heterocycles. The lowest BCUT2D eigenvalue weighted by molar-refractivity contribution is -0.137. The first-order valence-corrected chi connectivity index (χ1v) is 17.5. The third kappa shape index (κ3) is 16.9. The van der Waals surface area contributed by atoms with Crippen molar-refractivity contribution in [3.8, 4) is 0 Å². The first-order valence-electron chi connectivity index (χ1n) is 17.5. The number of nitrogens with zero attached hydrogens (tertiary/aromatic N) is 1. The minimum atomic E-state index is 0.293. The molecular weight excluding hydrogens is 450 g/mol. The summed E-state index contributed by atoms with van der Waals surface area (Å²) in [5.74, 6) is 1.67. The summed E-state index contributed by atoms with van der Waals surface area (Å²) in [5, 5.41) is 0. The molecule has 0 radical (unpaired) electrons. The van der Waals surface area contributed by atoms with Crippen molar-refractivity contribution in [3.05, 3.63) is 0 Å².